The monoisotopic (exact) mass is 344 g/mol. The Labute approximate surface area is 144 Å². The quantitative estimate of drug-likeness (QED) is 0.931. The number of nitrogens with zero attached hydrogens (tertiary/aromatic N) is 1. The summed E-state index contributed by atoms with van der Waals surface area (Å²) in [6.07, 6.45) is 1.24. The molecule has 1 heterocycles. The van der Waals surface area contributed by atoms with Crippen LogP contribution in [0, 0.1) is 11.6 Å². The topological polar surface area (TPSA) is 49.4 Å². The summed E-state index contributed by atoms with van der Waals surface area (Å²) in [5.41, 5.74) is 0.730. The summed E-state index contributed by atoms with van der Waals surface area (Å²) in [6.45, 7) is 0.980. The maximum absolute atomic E-state index is 13.2. The lowest BCUT2D eigenvalue weighted by Crippen LogP contribution is -2.46. The molecule has 0 radical (unpaired) electrons. The predicted molar refractivity (Wildman–Crippen MR) is 89.2 cm³/mol. The molecule has 2 aromatic rings. The highest BCUT2D eigenvalue weighted by Crippen LogP contribution is 2.15. The van der Waals surface area contributed by atoms with Crippen molar-refractivity contribution in [2.45, 2.75) is 18.9 Å². The third-order valence-corrected chi connectivity index (χ3v) is 4.30. The largest absolute Gasteiger partial charge is 0.349 e. The molecule has 3 rings (SSSR count). The van der Waals surface area contributed by atoms with E-state index in [1.807, 2.05) is 0 Å². The van der Waals surface area contributed by atoms with Crippen molar-refractivity contribution in [2.24, 2.45) is 0 Å². The molecule has 0 aliphatic carbocycles. The minimum Gasteiger partial charge on any atom is -0.349 e. The van der Waals surface area contributed by atoms with E-state index in [1.54, 1.807) is 11.0 Å². The molecule has 4 nitrogen and oxygen atoms in total. The smallest absolute Gasteiger partial charge is 0.253 e. The first-order valence-corrected chi connectivity index (χ1v) is 8.14. The standard InChI is InChI=1S/C19H18F2N2O2/c20-15-6-4-13(5-7-15)18(24)22-17-8-10-23(11-9-17)19(25)14-2-1-3-16(21)12-14/h1-7,12,17H,8-11H2,(H,22,24). The molecular weight excluding hydrogens is 326 g/mol. The van der Waals surface area contributed by atoms with Crippen LogP contribution < -0.4 is 5.32 Å². The average molecular weight is 344 g/mol. The zero-order chi connectivity index (χ0) is 17.8. The van der Waals surface area contributed by atoms with E-state index in [0.29, 0.717) is 37.1 Å². The molecule has 0 atom stereocenters. The van der Waals surface area contributed by atoms with Crippen LogP contribution in [0.15, 0.2) is 48.5 Å². The van der Waals surface area contributed by atoms with Crippen molar-refractivity contribution in [3.8, 4) is 0 Å². The van der Waals surface area contributed by atoms with E-state index in [4.69, 9.17) is 0 Å². The number of hydrogen-bond acceptors (Lipinski definition) is 2. The highest BCUT2D eigenvalue weighted by Gasteiger charge is 2.25. The van der Waals surface area contributed by atoms with Crippen LogP contribution in [-0.2, 0) is 0 Å². The van der Waals surface area contributed by atoms with Crippen molar-refractivity contribution in [2.75, 3.05) is 13.1 Å². The van der Waals surface area contributed by atoms with Crippen molar-refractivity contribution in [3.63, 3.8) is 0 Å². The minimum absolute atomic E-state index is 0.0471. The SMILES string of the molecule is O=C(NC1CCN(C(=O)c2cccc(F)c2)CC1)c1ccc(F)cc1. The van der Waals surface area contributed by atoms with Gasteiger partial charge < -0.3 is 10.2 Å². The van der Waals surface area contributed by atoms with Crippen molar-refractivity contribution in [3.05, 3.63) is 71.3 Å². The number of piperidine rings is 1. The Balaban J connectivity index is 1.54. The van der Waals surface area contributed by atoms with Gasteiger partial charge in [-0.05, 0) is 55.3 Å². The van der Waals surface area contributed by atoms with Gasteiger partial charge >= 0.3 is 0 Å². The van der Waals surface area contributed by atoms with E-state index in [1.165, 1.54) is 42.5 Å². The number of amides is 2. The van der Waals surface area contributed by atoms with Gasteiger partial charge in [0.15, 0.2) is 0 Å². The Kier molecular flexibility index (Phi) is 5.07. The zero-order valence-electron chi connectivity index (χ0n) is 13.5. The van der Waals surface area contributed by atoms with Crippen molar-refractivity contribution < 1.29 is 18.4 Å². The van der Waals surface area contributed by atoms with Crippen LogP contribution in [0.2, 0.25) is 0 Å². The summed E-state index contributed by atoms with van der Waals surface area (Å²) in [5.74, 6) is -1.29. The lowest BCUT2D eigenvalue weighted by molar-refractivity contribution is 0.0697. The zero-order valence-corrected chi connectivity index (χ0v) is 13.5. The van der Waals surface area contributed by atoms with E-state index < -0.39 is 5.82 Å². The molecule has 6 heteroatoms. The molecule has 1 N–H and O–H groups in total. The van der Waals surface area contributed by atoms with Gasteiger partial charge in [0.1, 0.15) is 11.6 Å². The second-order valence-corrected chi connectivity index (χ2v) is 6.06. The van der Waals surface area contributed by atoms with Gasteiger partial charge in [0, 0.05) is 30.3 Å². The molecule has 25 heavy (non-hydrogen) atoms. The average Bonchev–Trinajstić information content (AvgIpc) is 2.62. The van der Waals surface area contributed by atoms with Crippen LogP contribution in [0.1, 0.15) is 33.6 Å². The summed E-state index contributed by atoms with van der Waals surface area (Å²) < 4.78 is 26.1. The molecule has 2 aromatic carbocycles. The van der Waals surface area contributed by atoms with Gasteiger partial charge in [0.05, 0.1) is 0 Å². The first kappa shape index (κ1) is 17.1. The molecule has 1 fully saturated rings. The number of nitrogens with one attached hydrogen (secondary N) is 1. The van der Waals surface area contributed by atoms with Gasteiger partial charge in [0.2, 0.25) is 0 Å². The molecule has 0 saturated carbocycles. The van der Waals surface area contributed by atoms with E-state index in [-0.39, 0.29) is 23.7 Å². The number of likely N-dealkylation sites (tertiary alicyclic amines) is 1. The first-order valence-electron chi connectivity index (χ1n) is 8.14. The normalized spacial score (nSPS) is 15.0. The van der Waals surface area contributed by atoms with E-state index in [0.717, 1.165) is 0 Å². The molecule has 0 bridgehead atoms. The fourth-order valence-electron chi connectivity index (χ4n) is 2.90. The third kappa shape index (κ3) is 4.21. The first-order chi connectivity index (χ1) is 12.0. The van der Waals surface area contributed by atoms with Crippen molar-refractivity contribution >= 4 is 11.8 Å². The fourth-order valence-corrected chi connectivity index (χ4v) is 2.90. The van der Waals surface area contributed by atoms with Gasteiger partial charge in [-0.3, -0.25) is 9.59 Å². The number of carbonyl (C=O) groups excluding carboxylic acids is 2. The number of hydrogen-bond donors (Lipinski definition) is 1. The third-order valence-electron chi connectivity index (χ3n) is 4.30. The maximum atomic E-state index is 13.2. The lowest BCUT2D eigenvalue weighted by atomic mass is 10.0. The van der Waals surface area contributed by atoms with Gasteiger partial charge in [-0.2, -0.15) is 0 Å². The second-order valence-electron chi connectivity index (χ2n) is 6.06. The van der Waals surface area contributed by atoms with Crippen LogP contribution in [0.3, 0.4) is 0 Å². The molecular formula is C19H18F2N2O2. The fraction of sp³-hybridized carbons (Fsp3) is 0.263. The molecule has 0 spiro atoms. The van der Waals surface area contributed by atoms with E-state index in [2.05, 4.69) is 5.32 Å². The summed E-state index contributed by atoms with van der Waals surface area (Å²) in [6, 6.07) is 10.9. The molecule has 1 saturated heterocycles. The molecule has 130 valence electrons. The van der Waals surface area contributed by atoms with Crippen molar-refractivity contribution in [1.82, 2.24) is 10.2 Å². The highest BCUT2D eigenvalue weighted by atomic mass is 19.1. The van der Waals surface area contributed by atoms with E-state index in [9.17, 15) is 18.4 Å². The van der Waals surface area contributed by atoms with E-state index >= 15 is 0 Å². The molecule has 2 amide bonds. The predicted octanol–water partition coefficient (Wildman–Crippen LogP) is 3.00. The number of benzene rings is 2. The summed E-state index contributed by atoms with van der Waals surface area (Å²) in [7, 11) is 0. The van der Waals surface area contributed by atoms with Gasteiger partial charge in [0.25, 0.3) is 11.8 Å². The van der Waals surface area contributed by atoms with Crippen molar-refractivity contribution in [1.29, 1.82) is 0 Å². The Morgan fingerprint density at radius 1 is 0.920 bits per heavy atom. The van der Waals surface area contributed by atoms with Crippen LogP contribution >= 0.6 is 0 Å². The second kappa shape index (κ2) is 7.42. The number of halogens is 2. The van der Waals surface area contributed by atoms with Crippen LogP contribution in [-0.4, -0.2) is 35.8 Å². The van der Waals surface area contributed by atoms with Gasteiger partial charge in [-0.1, -0.05) is 6.07 Å². The molecule has 1 aliphatic heterocycles. The number of rotatable bonds is 3. The maximum Gasteiger partial charge on any atom is 0.253 e. The number of carbonyl (C=O) groups is 2. The van der Waals surface area contributed by atoms with Crippen LogP contribution in [0.4, 0.5) is 8.78 Å². The summed E-state index contributed by atoms with van der Waals surface area (Å²) >= 11 is 0. The Hall–Kier alpha value is -2.76. The summed E-state index contributed by atoms with van der Waals surface area (Å²) in [5, 5.41) is 2.90. The lowest BCUT2D eigenvalue weighted by Gasteiger charge is -2.32. The molecule has 0 aromatic heterocycles. The Morgan fingerprint density at radius 3 is 2.24 bits per heavy atom. The minimum atomic E-state index is -0.438. The van der Waals surface area contributed by atoms with Crippen LogP contribution in [0.25, 0.3) is 0 Å². The van der Waals surface area contributed by atoms with Gasteiger partial charge in [-0.25, -0.2) is 8.78 Å². The molecule has 0 unspecified atom stereocenters. The molecule has 1 aliphatic rings. The highest BCUT2D eigenvalue weighted by molar-refractivity contribution is 5.95. The Bertz CT molecular complexity index is 769. The Morgan fingerprint density at radius 2 is 1.60 bits per heavy atom. The van der Waals surface area contributed by atoms with Gasteiger partial charge in [-0.15, -0.1) is 0 Å². The van der Waals surface area contributed by atoms with Crippen LogP contribution in [0.5, 0.6) is 0 Å². The summed E-state index contributed by atoms with van der Waals surface area (Å²) in [4.78, 5) is 26.2.